The van der Waals surface area contributed by atoms with Gasteiger partial charge in [0.1, 0.15) is 6.04 Å². The minimum absolute atomic E-state index is 0.146. The summed E-state index contributed by atoms with van der Waals surface area (Å²) >= 11 is 0. The molecule has 1 unspecified atom stereocenters. The minimum Gasteiger partial charge on any atom is -0.480 e. The molecule has 0 heterocycles. The lowest BCUT2D eigenvalue weighted by atomic mass is 9.98. The first kappa shape index (κ1) is 15.0. The monoisotopic (exact) mass is 264 g/mol. The van der Waals surface area contributed by atoms with E-state index in [1.165, 1.54) is 0 Å². The molecule has 0 aliphatic rings. The number of carboxylic acid groups (broad SMARTS) is 1. The number of hydrogen-bond donors (Lipinski definition) is 3. The molecule has 4 N–H and O–H groups in total. The second kappa shape index (κ2) is 6.22. The zero-order valence-corrected chi connectivity index (χ0v) is 11.4. The van der Waals surface area contributed by atoms with Crippen LogP contribution >= 0.6 is 0 Å². The SMILES string of the molecule is CCC(C)[C@H](NC(=O)c1cc(C)ccc1N)C(=O)O. The van der Waals surface area contributed by atoms with Gasteiger partial charge in [0.15, 0.2) is 0 Å². The number of hydrogen-bond acceptors (Lipinski definition) is 3. The fraction of sp³-hybridized carbons (Fsp3) is 0.429. The van der Waals surface area contributed by atoms with Gasteiger partial charge >= 0.3 is 5.97 Å². The average molecular weight is 264 g/mol. The van der Waals surface area contributed by atoms with Gasteiger partial charge in [-0.2, -0.15) is 0 Å². The summed E-state index contributed by atoms with van der Waals surface area (Å²) in [4.78, 5) is 23.3. The number of benzene rings is 1. The van der Waals surface area contributed by atoms with E-state index in [1.807, 2.05) is 13.8 Å². The largest absolute Gasteiger partial charge is 0.480 e. The molecule has 1 aromatic rings. The van der Waals surface area contributed by atoms with Gasteiger partial charge in [-0.15, -0.1) is 0 Å². The summed E-state index contributed by atoms with van der Waals surface area (Å²) in [5, 5.41) is 11.7. The van der Waals surface area contributed by atoms with E-state index in [4.69, 9.17) is 10.8 Å². The van der Waals surface area contributed by atoms with Crippen LogP contribution in [0.2, 0.25) is 0 Å². The molecule has 0 saturated heterocycles. The molecule has 0 aliphatic carbocycles. The molecule has 5 heteroatoms. The van der Waals surface area contributed by atoms with Crippen molar-refractivity contribution in [2.24, 2.45) is 5.92 Å². The summed E-state index contributed by atoms with van der Waals surface area (Å²) < 4.78 is 0. The molecule has 0 spiro atoms. The Balaban J connectivity index is 2.94. The van der Waals surface area contributed by atoms with E-state index < -0.39 is 17.9 Å². The number of amides is 1. The van der Waals surface area contributed by atoms with Gasteiger partial charge in [0, 0.05) is 5.69 Å². The molecule has 5 nitrogen and oxygen atoms in total. The standard InChI is InChI=1S/C14H20N2O3/c1-4-9(3)12(14(18)19)16-13(17)10-7-8(2)5-6-11(10)15/h5-7,9,12H,4,15H2,1-3H3,(H,16,17)(H,18,19)/t9?,12-/m0/s1. The van der Waals surface area contributed by atoms with Crippen molar-refractivity contribution in [3.05, 3.63) is 29.3 Å². The van der Waals surface area contributed by atoms with Crippen molar-refractivity contribution in [1.29, 1.82) is 0 Å². The zero-order valence-electron chi connectivity index (χ0n) is 11.4. The first-order valence-electron chi connectivity index (χ1n) is 6.26. The molecule has 0 saturated carbocycles. The third kappa shape index (κ3) is 3.71. The Bertz CT molecular complexity index is 486. The number of aliphatic carboxylic acids is 1. The van der Waals surface area contributed by atoms with Gasteiger partial charge in [0.2, 0.25) is 0 Å². The summed E-state index contributed by atoms with van der Waals surface area (Å²) in [6.45, 7) is 5.52. The van der Waals surface area contributed by atoms with Crippen molar-refractivity contribution in [3.63, 3.8) is 0 Å². The summed E-state index contributed by atoms with van der Waals surface area (Å²) in [6, 6.07) is 4.19. The van der Waals surface area contributed by atoms with Crippen molar-refractivity contribution in [1.82, 2.24) is 5.32 Å². The van der Waals surface area contributed by atoms with Crippen LogP contribution in [0.25, 0.3) is 0 Å². The lowest BCUT2D eigenvalue weighted by molar-refractivity contribution is -0.140. The predicted octanol–water partition coefficient (Wildman–Crippen LogP) is 1.81. The summed E-state index contributed by atoms with van der Waals surface area (Å²) in [5.41, 5.74) is 7.30. The van der Waals surface area contributed by atoms with Gasteiger partial charge in [0.25, 0.3) is 5.91 Å². The summed E-state index contributed by atoms with van der Waals surface area (Å²) in [6.07, 6.45) is 0.667. The minimum atomic E-state index is -1.03. The second-order valence-electron chi connectivity index (χ2n) is 4.77. The number of carbonyl (C=O) groups excluding carboxylic acids is 1. The highest BCUT2D eigenvalue weighted by molar-refractivity contribution is 6.01. The van der Waals surface area contributed by atoms with E-state index in [9.17, 15) is 9.59 Å². The number of nitrogens with two attached hydrogens (primary N) is 1. The molecular formula is C14H20N2O3. The number of nitrogen functional groups attached to an aromatic ring is 1. The van der Waals surface area contributed by atoms with Crippen LogP contribution in [0.15, 0.2) is 18.2 Å². The molecule has 0 aromatic heterocycles. The lowest BCUT2D eigenvalue weighted by Gasteiger charge is -2.20. The van der Waals surface area contributed by atoms with Crippen molar-refractivity contribution >= 4 is 17.6 Å². The molecule has 1 amide bonds. The molecule has 19 heavy (non-hydrogen) atoms. The van der Waals surface area contributed by atoms with Crippen molar-refractivity contribution in [2.45, 2.75) is 33.2 Å². The summed E-state index contributed by atoms with van der Waals surface area (Å²) in [5.74, 6) is -1.63. The normalized spacial score (nSPS) is 13.6. The van der Waals surface area contributed by atoms with Crippen LogP contribution in [-0.4, -0.2) is 23.0 Å². The maximum Gasteiger partial charge on any atom is 0.326 e. The van der Waals surface area contributed by atoms with Gasteiger partial charge in [-0.05, 0) is 25.0 Å². The molecule has 2 atom stereocenters. The van der Waals surface area contributed by atoms with E-state index in [1.54, 1.807) is 25.1 Å². The first-order valence-corrected chi connectivity index (χ1v) is 6.26. The van der Waals surface area contributed by atoms with Gasteiger partial charge in [-0.1, -0.05) is 31.9 Å². The highest BCUT2D eigenvalue weighted by Crippen LogP contribution is 2.15. The number of anilines is 1. The van der Waals surface area contributed by atoms with Crippen LogP contribution in [0.3, 0.4) is 0 Å². The van der Waals surface area contributed by atoms with E-state index in [0.717, 1.165) is 5.56 Å². The van der Waals surface area contributed by atoms with Crippen LogP contribution in [0.4, 0.5) is 5.69 Å². The summed E-state index contributed by atoms with van der Waals surface area (Å²) in [7, 11) is 0. The van der Waals surface area contributed by atoms with Gasteiger partial charge in [-0.3, -0.25) is 4.79 Å². The van der Waals surface area contributed by atoms with Crippen molar-refractivity contribution in [3.8, 4) is 0 Å². The zero-order chi connectivity index (χ0) is 14.6. The molecular weight excluding hydrogens is 244 g/mol. The Hall–Kier alpha value is -2.04. The number of carboxylic acids is 1. The van der Waals surface area contributed by atoms with Crippen LogP contribution in [0, 0.1) is 12.8 Å². The topological polar surface area (TPSA) is 92.4 Å². The Morgan fingerprint density at radius 1 is 1.42 bits per heavy atom. The lowest BCUT2D eigenvalue weighted by Crippen LogP contribution is -2.45. The Morgan fingerprint density at radius 2 is 2.05 bits per heavy atom. The first-order chi connectivity index (χ1) is 8.86. The van der Waals surface area contributed by atoms with Crippen LogP contribution < -0.4 is 11.1 Å². The van der Waals surface area contributed by atoms with Gasteiger partial charge in [0.05, 0.1) is 5.56 Å². The molecule has 1 rings (SSSR count). The maximum atomic E-state index is 12.1. The maximum absolute atomic E-state index is 12.1. The number of aryl methyl sites for hydroxylation is 1. The fourth-order valence-corrected chi connectivity index (χ4v) is 1.77. The Labute approximate surface area is 112 Å². The van der Waals surface area contributed by atoms with Crippen molar-refractivity contribution < 1.29 is 14.7 Å². The number of rotatable bonds is 5. The molecule has 104 valence electrons. The van der Waals surface area contributed by atoms with E-state index in [0.29, 0.717) is 17.7 Å². The molecule has 0 bridgehead atoms. The Morgan fingerprint density at radius 3 is 2.58 bits per heavy atom. The van der Waals surface area contributed by atoms with E-state index in [-0.39, 0.29) is 5.92 Å². The third-order valence-corrected chi connectivity index (χ3v) is 3.22. The number of nitrogens with one attached hydrogen (secondary N) is 1. The fourth-order valence-electron chi connectivity index (χ4n) is 1.77. The third-order valence-electron chi connectivity index (χ3n) is 3.22. The molecule has 0 aliphatic heterocycles. The number of carbonyl (C=O) groups is 2. The van der Waals surface area contributed by atoms with Crippen LogP contribution in [0.1, 0.15) is 36.2 Å². The highest BCUT2D eigenvalue weighted by atomic mass is 16.4. The van der Waals surface area contributed by atoms with Crippen molar-refractivity contribution in [2.75, 3.05) is 5.73 Å². The van der Waals surface area contributed by atoms with E-state index in [2.05, 4.69) is 5.32 Å². The molecule has 0 fully saturated rings. The Kier molecular flexibility index (Phi) is 4.92. The van der Waals surface area contributed by atoms with Crippen LogP contribution in [0.5, 0.6) is 0 Å². The predicted molar refractivity (Wildman–Crippen MR) is 73.9 cm³/mol. The van der Waals surface area contributed by atoms with Crippen LogP contribution in [-0.2, 0) is 4.79 Å². The smallest absolute Gasteiger partial charge is 0.326 e. The average Bonchev–Trinajstić information content (AvgIpc) is 2.37. The molecule has 0 radical (unpaired) electrons. The quantitative estimate of drug-likeness (QED) is 0.707. The second-order valence-corrected chi connectivity index (χ2v) is 4.77. The highest BCUT2D eigenvalue weighted by Gasteiger charge is 2.26. The van der Waals surface area contributed by atoms with E-state index >= 15 is 0 Å². The molecule has 1 aromatic carbocycles. The van der Waals surface area contributed by atoms with Gasteiger partial charge < -0.3 is 16.2 Å². The van der Waals surface area contributed by atoms with Gasteiger partial charge in [-0.25, -0.2) is 4.79 Å².